The van der Waals surface area contributed by atoms with Crippen LogP contribution in [0, 0.1) is 24.4 Å². The number of halogens is 3. The quantitative estimate of drug-likeness (QED) is 0.834. The number of hydrogen-bond acceptors (Lipinski definition) is 4. The molecule has 3 N–H and O–H groups in total. The highest BCUT2D eigenvalue weighted by atomic mass is 32.1. The fourth-order valence-electron chi connectivity index (χ4n) is 1.44. The van der Waals surface area contributed by atoms with E-state index in [1.54, 1.807) is 6.92 Å². The van der Waals surface area contributed by atoms with Crippen molar-refractivity contribution in [2.24, 2.45) is 0 Å². The molecule has 4 nitrogen and oxygen atoms in total. The third kappa shape index (κ3) is 2.68. The van der Waals surface area contributed by atoms with Crippen molar-refractivity contribution in [1.82, 2.24) is 4.98 Å². The van der Waals surface area contributed by atoms with Gasteiger partial charge < -0.3 is 11.1 Å². The Morgan fingerprint density at radius 3 is 2.37 bits per heavy atom. The summed E-state index contributed by atoms with van der Waals surface area (Å²) in [5.41, 5.74) is 5.65. The summed E-state index contributed by atoms with van der Waals surface area (Å²) in [5, 5.41) is 2.46. The van der Waals surface area contributed by atoms with Crippen LogP contribution in [-0.4, -0.2) is 10.9 Å². The summed E-state index contributed by atoms with van der Waals surface area (Å²) in [6.45, 7) is 1.58. The van der Waals surface area contributed by atoms with E-state index in [9.17, 15) is 18.0 Å². The first-order valence-corrected chi connectivity index (χ1v) is 5.89. The van der Waals surface area contributed by atoms with Gasteiger partial charge in [0.1, 0.15) is 4.88 Å². The van der Waals surface area contributed by atoms with Crippen LogP contribution in [0.15, 0.2) is 12.1 Å². The Morgan fingerprint density at radius 1 is 1.32 bits per heavy atom. The van der Waals surface area contributed by atoms with Gasteiger partial charge in [-0.25, -0.2) is 18.2 Å². The summed E-state index contributed by atoms with van der Waals surface area (Å²) in [5.74, 6) is -4.96. The molecule has 0 unspecified atom stereocenters. The number of thiazole rings is 1. The number of nitrogens with zero attached hydrogens (tertiary/aromatic N) is 1. The van der Waals surface area contributed by atoms with Gasteiger partial charge in [-0.15, -0.1) is 0 Å². The number of carbonyl (C=O) groups is 1. The number of nitrogens with two attached hydrogens (primary N) is 1. The van der Waals surface area contributed by atoms with E-state index in [4.69, 9.17) is 5.73 Å². The van der Waals surface area contributed by atoms with Crippen LogP contribution in [-0.2, 0) is 0 Å². The van der Waals surface area contributed by atoms with E-state index < -0.39 is 23.4 Å². The minimum atomic E-state index is -1.59. The molecule has 0 aliphatic rings. The second kappa shape index (κ2) is 4.88. The fraction of sp³-hybridized carbons (Fsp3) is 0.0909. The second-order valence-corrected chi connectivity index (χ2v) is 4.71. The summed E-state index contributed by atoms with van der Waals surface area (Å²) in [6, 6.07) is 1.38. The molecule has 19 heavy (non-hydrogen) atoms. The molecule has 0 fully saturated rings. The standard InChI is InChI=1S/C11H8F3N3OS/c1-4-9(19-11(15)16-4)10(18)17-5-2-6(12)8(14)7(13)3-5/h2-3H,1H3,(H2,15,16)(H,17,18). The van der Waals surface area contributed by atoms with Gasteiger partial charge in [-0.3, -0.25) is 4.79 Å². The molecule has 1 aromatic carbocycles. The van der Waals surface area contributed by atoms with Crippen molar-refractivity contribution in [2.75, 3.05) is 11.1 Å². The van der Waals surface area contributed by atoms with Crippen LogP contribution in [0.2, 0.25) is 0 Å². The number of nitrogen functional groups attached to an aromatic ring is 1. The first-order valence-electron chi connectivity index (χ1n) is 5.07. The molecule has 0 aliphatic heterocycles. The van der Waals surface area contributed by atoms with Crippen LogP contribution in [0.25, 0.3) is 0 Å². The Labute approximate surface area is 110 Å². The van der Waals surface area contributed by atoms with Crippen LogP contribution in [0.5, 0.6) is 0 Å². The van der Waals surface area contributed by atoms with Crippen molar-refractivity contribution in [3.63, 3.8) is 0 Å². The number of nitrogens with one attached hydrogen (secondary N) is 1. The summed E-state index contributed by atoms with van der Waals surface area (Å²) in [4.78, 5) is 15.9. The van der Waals surface area contributed by atoms with Gasteiger partial charge in [0.05, 0.1) is 5.69 Å². The molecule has 0 saturated heterocycles. The monoisotopic (exact) mass is 287 g/mol. The number of benzene rings is 1. The van der Waals surface area contributed by atoms with E-state index in [1.807, 2.05) is 0 Å². The number of carbonyl (C=O) groups excluding carboxylic acids is 1. The lowest BCUT2D eigenvalue weighted by Gasteiger charge is -2.05. The Bertz CT molecular complexity index is 634. The van der Waals surface area contributed by atoms with Crippen LogP contribution in [0.4, 0.5) is 24.0 Å². The van der Waals surface area contributed by atoms with Gasteiger partial charge in [-0.05, 0) is 6.92 Å². The van der Waals surface area contributed by atoms with Crippen molar-refractivity contribution in [1.29, 1.82) is 0 Å². The maximum atomic E-state index is 13.0. The summed E-state index contributed by atoms with van der Waals surface area (Å²) in [6.07, 6.45) is 0. The molecule has 0 saturated carbocycles. The molecular formula is C11H8F3N3OS. The minimum Gasteiger partial charge on any atom is -0.375 e. The van der Waals surface area contributed by atoms with E-state index in [0.29, 0.717) is 17.8 Å². The molecule has 0 bridgehead atoms. The number of anilines is 2. The number of aryl methyl sites for hydroxylation is 1. The number of hydrogen-bond donors (Lipinski definition) is 2. The second-order valence-electron chi connectivity index (χ2n) is 3.67. The summed E-state index contributed by atoms with van der Waals surface area (Å²) >= 11 is 0.946. The van der Waals surface area contributed by atoms with Crippen molar-refractivity contribution >= 4 is 28.1 Å². The maximum absolute atomic E-state index is 13.0. The zero-order chi connectivity index (χ0) is 14.2. The predicted molar refractivity (Wildman–Crippen MR) is 65.5 cm³/mol. The molecule has 0 spiro atoms. The largest absolute Gasteiger partial charge is 0.375 e. The SMILES string of the molecule is Cc1nc(N)sc1C(=O)Nc1cc(F)c(F)c(F)c1. The van der Waals surface area contributed by atoms with Crippen LogP contribution >= 0.6 is 11.3 Å². The lowest BCUT2D eigenvalue weighted by Crippen LogP contribution is -2.12. The normalized spacial score (nSPS) is 10.5. The Morgan fingerprint density at radius 2 is 1.89 bits per heavy atom. The van der Waals surface area contributed by atoms with Crippen molar-refractivity contribution in [3.8, 4) is 0 Å². The molecule has 2 rings (SSSR count). The van der Waals surface area contributed by atoms with Crippen LogP contribution in [0.3, 0.4) is 0 Å². The average molecular weight is 287 g/mol. The molecule has 1 aromatic heterocycles. The molecule has 1 amide bonds. The molecule has 1 heterocycles. The zero-order valence-electron chi connectivity index (χ0n) is 9.63. The van der Waals surface area contributed by atoms with E-state index in [1.165, 1.54) is 0 Å². The van der Waals surface area contributed by atoms with Crippen LogP contribution in [0.1, 0.15) is 15.4 Å². The highest BCUT2D eigenvalue weighted by Crippen LogP contribution is 2.22. The molecular weight excluding hydrogens is 279 g/mol. The van der Waals surface area contributed by atoms with Gasteiger partial charge in [0.2, 0.25) is 0 Å². The van der Waals surface area contributed by atoms with Crippen molar-refractivity contribution in [3.05, 3.63) is 40.2 Å². The maximum Gasteiger partial charge on any atom is 0.267 e. The number of aromatic nitrogens is 1. The molecule has 2 aromatic rings. The third-order valence-electron chi connectivity index (χ3n) is 2.26. The molecule has 100 valence electrons. The highest BCUT2D eigenvalue weighted by Gasteiger charge is 2.16. The zero-order valence-corrected chi connectivity index (χ0v) is 10.4. The van der Waals surface area contributed by atoms with Gasteiger partial charge in [0.25, 0.3) is 5.91 Å². The minimum absolute atomic E-state index is 0.187. The Balaban J connectivity index is 2.27. The van der Waals surface area contributed by atoms with Gasteiger partial charge in [0, 0.05) is 17.8 Å². The van der Waals surface area contributed by atoms with E-state index in [2.05, 4.69) is 10.3 Å². The highest BCUT2D eigenvalue weighted by molar-refractivity contribution is 7.17. The molecule has 0 radical (unpaired) electrons. The Kier molecular flexibility index (Phi) is 3.43. The summed E-state index contributed by atoms with van der Waals surface area (Å²) < 4.78 is 38.7. The number of rotatable bonds is 2. The third-order valence-corrected chi connectivity index (χ3v) is 3.25. The predicted octanol–water partition coefficient (Wildman–Crippen LogP) is 2.70. The first kappa shape index (κ1) is 13.3. The molecule has 0 aliphatic carbocycles. The van der Waals surface area contributed by atoms with E-state index in [-0.39, 0.29) is 15.7 Å². The van der Waals surface area contributed by atoms with Gasteiger partial charge in [-0.2, -0.15) is 0 Å². The number of amides is 1. The van der Waals surface area contributed by atoms with E-state index in [0.717, 1.165) is 11.3 Å². The van der Waals surface area contributed by atoms with Crippen molar-refractivity contribution in [2.45, 2.75) is 6.92 Å². The first-order chi connectivity index (χ1) is 8.88. The van der Waals surface area contributed by atoms with Gasteiger partial charge >= 0.3 is 0 Å². The lowest BCUT2D eigenvalue weighted by molar-refractivity contribution is 0.103. The van der Waals surface area contributed by atoms with Gasteiger partial charge in [-0.1, -0.05) is 11.3 Å². The molecule has 8 heteroatoms. The smallest absolute Gasteiger partial charge is 0.267 e. The van der Waals surface area contributed by atoms with Crippen molar-refractivity contribution < 1.29 is 18.0 Å². The molecule has 0 atom stereocenters. The average Bonchev–Trinajstić information content (AvgIpc) is 2.65. The lowest BCUT2D eigenvalue weighted by atomic mass is 10.2. The fourth-order valence-corrected chi connectivity index (χ4v) is 2.17. The Hall–Kier alpha value is -2.09. The van der Waals surface area contributed by atoms with Crippen LogP contribution < -0.4 is 11.1 Å². The topological polar surface area (TPSA) is 68.0 Å². The summed E-state index contributed by atoms with van der Waals surface area (Å²) in [7, 11) is 0. The van der Waals surface area contributed by atoms with Gasteiger partial charge in [0.15, 0.2) is 22.6 Å². The van der Waals surface area contributed by atoms with E-state index >= 15 is 0 Å².